The number of aromatic nitrogens is 2. The lowest BCUT2D eigenvalue weighted by Crippen LogP contribution is -2.45. The number of aryl methyl sites for hydroxylation is 1. The first-order valence-corrected chi connectivity index (χ1v) is 10.4. The lowest BCUT2D eigenvalue weighted by molar-refractivity contribution is 0.304. The van der Waals surface area contributed by atoms with Crippen LogP contribution in [0.5, 0.6) is 0 Å². The van der Waals surface area contributed by atoms with Gasteiger partial charge in [-0.25, -0.2) is 4.39 Å². The molecule has 2 atom stereocenters. The number of rotatable bonds is 5. The summed E-state index contributed by atoms with van der Waals surface area (Å²) in [5, 5.41) is 12.7. The highest BCUT2D eigenvalue weighted by Crippen LogP contribution is 2.29. The summed E-state index contributed by atoms with van der Waals surface area (Å²) in [6, 6.07) is 15.6. The van der Waals surface area contributed by atoms with E-state index in [0.717, 1.165) is 52.7 Å². The fourth-order valence-corrected chi connectivity index (χ4v) is 4.46. The molecule has 1 aliphatic rings. The van der Waals surface area contributed by atoms with Crippen LogP contribution >= 0.6 is 0 Å². The number of nitrogens with one attached hydrogen (secondary N) is 2. The second-order valence-corrected chi connectivity index (χ2v) is 7.93. The van der Waals surface area contributed by atoms with E-state index >= 15 is 0 Å². The van der Waals surface area contributed by atoms with Crippen LogP contribution in [0.25, 0.3) is 22.2 Å². The van der Waals surface area contributed by atoms with Crippen molar-refractivity contribution in [3.8, 4) is 11.3 Å². The van der Waals surface area contributed by atoms with E-state index in [1.54, 1.807) is 6.26 Å². The molecule has 0 saturated carbocycles. The number of hydrogen-bond acceptors (Lipinski definition) is 4. The number of halogens is 1. The Morgan fingerprint density at radius 3 is 2.87 bits per heavy atom. The molecule has 1 saturated heterocycles. The zero-order valence-electron chi connectivity index (χ0n) is 16.9. The number of furan rings is 1. The Morgan fingerprint density at radius 1 is 1.20 bits per heavy atom. The smallest absolute Gasteiger partial charge is 0.138 e. The van der Waals surface area contributed by atoms with Gasteiger partial charge in [0.1, 0.15) is 11.4 Å². The van der Waals surface area contributed by atoms with Crippen LogP contribution in [0.1, 0.15) is 30.0 Å². The molecule has 0 amide bonds. The fourth-order valence-electron chi connectivity index (χ4n) is 4.46. The van der Waals surface area contributed by atoms with Crippen molar-refractivity contribution < 1.29 is 8.81 Å². The Hall–Kier alpha value is -2.96. The van der Waals surface area contributed by atoms with Crippen molar-refractivity contribution in [1.29, 1.82) is 0 Å². The predicted molar refractivity (Wildman–Crippen MR) is 115 cm³/mol. The monoisotopic (exact) mass is 404 g/mol. The third-order valence-corrected chi connectivity index (χ3v) is 5.99. The van der Waals surface area contributed by atoms with E-state index in [1.807, 2.05) is 42.2 Å². The summed E-state index contributed by atoms with van der Waals surface area (Å²) in [6.45, 7) is 1.67. The van der Waals surface area contributed by atoms with Gasteiger partial charge in [-0.05, 0) is 61.3 Å². The van der Waals surface area contributed by atoms with Gasteiger partial charge in [0.15, 0.2) is 0 Å². The van der Waals surface area contributed by atoms with Gasteiger partial charge >= 0.3 is 0 Å². The maximum atomic E-state index is 13.4. The summed E-state index contributed by atoms with van der Waals surface area (Å²) in [4.78, 5) is 0. The van der Waals surface area contributed by atoms with E-state index < -0.39 is 0 Å². The summed E-state index contributed by atoms with van der Waals surface area (Å²) in [5.41, 5.74) is 5.34. The van der Waals surface area contributed by atoms with Crippen molar-refractivity contribution in [2.75, 3.05) is 6.54 Å². The molecule has 2 aromatic heterocycles. The van der Waals surface area contributed by atoms with E-state index in [9.17, 15) is 4.39 Å². The summed E-state index contributed by atoms with van der Waals surface area (Å²) in [6.07, 6.45) is 5.73. The van der Waals surface area contributed by atoms with Crippen LogP contribution in [0.15, 0.2) is 65.4 Å². The van der Waals surface area contributed by atoms with E-state index in [4.69, 9.17) is 4.42 Å². The topological polar surface area (TPSA) is 55.0 Å². The van der Waals surface area contributed by atoms with Crippen LogP contribution in [-0.2, 0) is 13.6 Å². The minimum atomic E-state index is -0.203. The fraction of sp³-hybridized carbons (Fsp3) is 0.292. The lowest BCUT2D eigenvalue weighted by atomic mass is 9.92. The second kappa shape index (κ2) is 8.05. The van der Waals surface area contributed by atoms with Gasteiger partial charge in [0.2, 0.25) is 0 Å². The van der Waals surface area contributed by atoms with E-state index in [0.29, 0.717) is 6.54 Å². The first-order chi connectivity index (χ1) is 14.7. The molecule has 154 valence electrons. The van der Waals surface area contributed by atoms with E-state index in [2.05, 4.69) is 27.9 Å². The lowest BCUT2D eigenvalue weighted by Gasteiger charge is -2.34. The maximum Gasteiger partial charge on any atom is 0.138 e. The van der Waals surface area contributed by atoms with Gasteiger partial charge in [0.05, 0.1) is 12.0 Å². The third kappa shape index (κ3) is 3.64. The SMILES string of the molecule is Cn1nccc1-c1cc(CN[C@H]2CCCN[C@H]2c2ccc(F)cc2)c2occc2c1. The molecule has 1 aliphatic heterocycles. The Balaban J connectivity index is 1.41. The molecule has 6 heteroatoms. The number of nitrogens with zero attached hydrogens (tertiary/aromatic N) is 2. The van der Waals surface area contributed by atoms with Gasteiger partial charge in [-0.1, -0.05) is 12.1 Å². The molecule has 30 heavy (non-hydrogen) atoms. The van der Waals surface area contributed by atoms with Crippen molar-refractivity contribution in [2.45, 2.75) is 31.5 Å². The Bertz CT molecular complexity index is 1150. The van der Waals surface area contributed by atoms with Crippen molar-refractivity contribution in [3.05, 3.63) is 77.9 Å². The zero-order chi connectivity index (χ0) is 20.5. The number of fused-ring (bicyclic) bond motifs is 1. The third-order valence-electron chi connectivity index (χ3n) is 5.99. The van der Waals surface area contributed by atoms with Crippen LogP contribution in [0.4, 0.5) is 4.39 Å². The molecular weight excluding hydrogens is 379 g/mol. The standard InChI is InChI=1S/C24H25FN4O/c1-29-22(8-11-28-29)18-13-17-9-12-30-24(17)19(14-18)15-27-21-3-2-10-26-23(21)16-4-6-20(25)7-5-16/h4-9,11-14,21,23,26-27H,2-3,10,15H2,1H3/t21-,23-/m0/s1. The summed E-state index contributed by atoms with van der Waals surface area (Å²) in [5.74, 6) is -0.203. The van der Waals surface area contributed by atoms with Crippen LogP contribution in [0.3, 0.4) is 0 Å². The van der Waals surface area contributed by atoms with Gasteiger partial charge in [-0.15, -0.1) is 0 Å². The molecule has 0 aliphatic carbocycles. The Labute approximate surface area is 174 Å². The van der Waals surface area contributed by atoms with Gasteiger partial charge in [-0.2, -0.15) is 5.10 Å². The molecule has 0 unspecified atom stereocenters. The Kier molecular flexibility index (Phi) is 5.11. The summed E-state index contributed by atoms with van der Waals surface area (Å²) >= 11 is 0. The molecule has 4 aromatic rings. The number of piperidine rings is 1. The molecule has 0 spiro atoms. The Morgan fingerprint density at radius 2 is 2.07 bits per heavy atom. The highest BCUT2D eigenvalue weighted by molar-refractivity contribution is 5.85. The zero-order valence-corrected chi connectivity index (χ0v) is 16.9. The molecule has 3 heterocycles. The van der Waals surface area contributed by atoms with Gasteiger partial charge in [-0.3, -0.25) is 4.68 Å². The molecule has 2 N–H and O–H groups in total. The quantitative estimate of drug-likeness (QED) is 0.512. The van der Waals surface area contributed by atoms with Gasteiger partial charge in [0, 0.05) is 48.4 Å². The average molecular weight is 404 g/mol. The molecule has 5 rings (SSSR count). The summed E-state index contributed by atoms with van der Waals surface area (Å²) in [7, 11) is 1.95. The van der Waals surface area contributed by atoms with Crippen molar-refractivity contribution in [3.63, 3.8) is 0 Å². The first kappa shape index (κ1) is 19.0. The van der Waals surface area contributed by atoms with Crippen molar-refractivity contribution in [1.82, 2.24) is 20.4 Å². The van der Waals surface area contributed by atoms with Gasteiger partial charge < -0.3 is 15.1 Å². The van der Waals surface area contributed by atoms with E-state index in [-0.39, 0.29) is 17.9 Å². The van der Waals surface area contributed by atoms with Crippen molar-refractivity contribution >= 4 is 11.0 Å². The molecule has 5 nitrogen and oxygen atoms in total. The largest absolute Gasteiger partial charge is 0.464 e. The molecule has 1 fully saturated rings. The predicted octanol–water partition coefficient (Wildman–Crippen LogP) is 4.56. The average Bonchev–Trinajstić information content (AvgIpc) is 3.41. The number of benzene rings is 2. The second-order valence-electron chi connectivity index (χ2n) is 7.93. The number of hydrogen-bond donors (Lipinski definition) is 2. The van der Waals surface area contributed by atoms with E-state index in [1.165, 1.54) is 12.1 Å². The van der Waals surface area contributed by atoms with Crippen LogP contribution in [-0.4, -0.2) is 22.4 Å². The molecule has 0 radical (unpaired) electrons. The minimum Gasteiger partial charge on any atom is -0.464 e. The molecular formula is C24H25FN4O. The van der Waals surface area contributed by atoms with Gasteiger partial charge in [0.25, 0.3) is 0 Å². The maximum absolute atomic E-state index is 13.4. The molecule has 2 aromatic carbocycles. The molecule has 0 bridgehead atoms. The first-order valence-electron chi connectivity index (χ1n) is 10.4. The van der Waals surface area contributed by atoms with Crippen molar-refractivity contribution in [2.24, 2.45) is 7.05 Å². The van der Waals surface area contributed by atoms with Crippen LogP contribution in [0, 0.1) is 5.82 Å². The minimum absolute atomic E-state index is 0.159. The highest BCUT2D eigenvalue weighted by atomic mass is 19.1. The van der Waals surface area contributed by atoms with Crippen LogP contribution < -0.4 is 10.6 Å². The van der Waals surface area contributed by atoms with Crippen LogP contribution in [0.2, 0.25) is 0 Å². The highest BCUT2D eigenvalue weighted by Gasteiger charge is 2.26. The normalized spacial score (nSPS) is 19.4. The summed E-state index contributed by atoms with van der Waals surface area (Å²) < 4.78 is 21.0.